The summed E-state index contributed by atoms with van der Waals surface area (Å²) in [5.41, 5.74) is 15.9. The van der Waals surface area contributed by atoms with Gasteiger partial charge < -0.3 is 26.6 Å². The molecule has 14 rings (SSSR count). The van der Waals surface area contributed by atoms with Gasteiger partial charge in [-0.25, -0.2) is 0 Å². The third kappa shape index (κ3) is 18.4. The van der Waals surface area contributed by atoms with Crippen LogP contribution in [0.25, 0.3) is 6.15 Å². The zero-order valence-electron chi connectivity index (χ0n) is 51.3. The minimum absolute atomic E-state index is 0. The Labute approximate surface area is 543 Å². The Morgan fingerprint density at radius 3 is 1.21 bits per heavy atom. The van der Waals surface area contributed by atoms with Gasteiger partial charge in [0.2, 0.25) is 0 Å². The largest absolute Gasteiger partial charge is 1.00 e. The predicted molar refractivity (Wildman–Crippen MR) is 361 cm³/mol. The van der Waals surface area contributed by atoms with Gasteiger partial charge in [0.15, 0.2) is 0 Å². The Morgan fingerprint density at radius 1 is 0.407 bits per heavy atom. The number of likely N-dealkylation sites (tertiary alicyclic amines) is 2. The van der Waals surface area contributed by atoms with E-state index in [1.165, 1.54) is 152 Å². The van der Waals surface area contributed by atoms with E-state index in [0.29, 0.717) is 36.3 Å². The number of fused-ring (bicyclic) bond motifs is 3. The summed E-state index contributed by atoms with van der Waals surface area (Å²) in [7, 11) is 0. The molecule has 86 heavy (non-hydrogen) atoms. The first-order valence-electron chi connectivity index (χ1n) is 32.1. The van der Waals surface area contributed by atoms with E-state index in [0.717, 1.165) is 57.7 Å². The fourth-order valence-corrected chi connectivity index (χ4v) is 14.6. The summed E-state index contributed by atoms with van der Waals surface area (Å²) >= 11 is 6.00. The number of rotatable bonds is 15. The summed E-state index contributed by atoms with van der Waals surface area (Å²) in [4.78, 5) is 10.6. The molecule has 6 aliphatic rings. The van der Waals surface area contributed by atoms with E-state index >= 15 is 0 Å². The van der Waals surface area contributed by atoms with Gasteiger partial charge in [0.1, 0.15) is 0 Å². The second-order valence-corrected chi connectivity index (χ2v) is 24.8. The molecule has 0 bridgehead atoms. The van der Waals surface area contributed by atoms with Crippen molar-refractivity contribution in [3.8, 4) is 0 Å². The average Bonchev–Trinajstić information content (AvgIpc) is 4.08. The van der Waals surface area contributed by atoms with Crippen LogP contribution in [0.4, 0.5) is 17.1 Å². The molecule has 0 amide bonds. The average molecular weight is 1180 g/mol. The Hall–Kier alpha value is -5.71. The topological polar surface area (TPSA) is 70.5 Å². The minimum atomic E-state index is 0. The van der Waals surface area contributed by atoms with Gasteiger partial charge in [0.05, 0.1) is 0 Å². The van der Waals surface area contributed by atoms with Crippen LogP contribution in [0.15, 0.2) is 224 Å². The van der Waals surface area contributed by atoms with Crippen LogP contribution in [0.5, 0.6) is 0 Å². The second kappa shape index (κ2) is 34.2. The number of halogens is 1. The molecule has 0 aromatic heterocycles. The van der Waals surface area contributed by atoms with Crippen molar-refractivity contribution in [2.75, 3.05) is 53.7 Å². The summed E-state index contributed by atoms with van der Waals surface area (Å²) < 4.78 is 0. The maximum absolute atomic E-state index is 6.00. The molecule has 3 heterocycles. The predicted octanol–water partition coefficient (Wildman–Crippen LogP) is 13.8. The van der Waals surface area contributed by atoms with E-state index < -0.39 is 0 Å². The van der Waals surface area contributed by atoms with E-state index in [-0.39, 0.29) is 35.7 Å². The molecule has 3 atom stereocenters. The molecular formula is C77H93ClN7Na. The number of nitrogens with two attached hydrogens (primary N) is 1. The number of nitrogens with zero attached hydrogens (tertiary/aromatic N) is 4. The van der Waals surface area contributed by atoms with Crippen LogP contribution in [-0.4, -0.2) is 84.7 Å². The first kappa shape index (κ1) is 64.8. The number of nitrogens with one attached hydrogen (secondary N) is 2. The van der Waals surface area contributed by atoms with Crippen molar-refractivity contribution < 1.29 is 29.6 Å². The van der Waals surface area contributed by atoms with Crippen molar-refractivity contribution in [3.63, 3.8) is 0 Å². The van der Waals surface area contributed by atoms with Crippen molar-refractivity contribution in [1.82, 2.24) is 15.1 Å². The van der Waals surface area contributed by atoms with E-state index in [9.17, 15) is 0 Å². The van der Waals surface area contributed by atoms with Crippen molar-refractivity contribution >= 4 is 28.7 Å². The van der Waals surface area contributed by atoms with Gasteiger partial charge in [-0.3, -0.25) is 9.80 Å². The SMILES string of the molecule is ClCC1CCCCN1Cc1ccccc1.[NH2-].[Na+].c1ccc(CN2CCCCC2CN(c2ccccc2)C2Cc3ccccc3C2)cc1.c1ccc(N(CC2CCCCN2)C2Cc3ccccc3C2)cc1.c1ccc(NC2Cc3ccccc3C2)cc1. The molecule has 3 fully saturated rings. The van der Waals surface area contributed by atoms with Gasteiger partial charge in [-0.05, 0) is 178 Å². The molecule has 0 saturated carbocycles. The van der Waals surface area contributed by atoms with Crippen LogP contribution in [-0.2, 0) is 51.6 Å². The number of piperidine rings is 3. The number of hydrogen-bond acceptors (Lipinski definition) is 6. The van der Waals surface area contributed by atoms with Gasteiger partial charge >= 0.3 is 29.6 Å². The third-order valence-corrected chi connectivity index (χ3v) is 19.0. The van der Waals surface area contributed by atoms with E-state index in [1.54, 1.807) is 0 Å². The molecule has 8 aromatic rings. The molecular weight excluding hydrogens is 1080 g/mol. The zero-order chi connectivity index (χ0) is 57.0. The molecule has 0 radical (unpaired) electrons. The van der Waals surface area contributed by atoms with Crippen LogP contribution in [0.3, 0.4) is 0 Å². The Balaban J connectivity index is 0.000000141. The maximum Gasteiger partial charge on any atom is 1.00 e. The van der Waals surface area contributed by atoms with E-state index in [2.05, 4.69) is 255 Å². The van der Waals surface area contributed by atoms with Crippen LogP contribution in [0, 0.1) is 0 Å². The molecule has 8 aromatic carbocycles. The zero-order valence-corrected chi connectivity index (χ0v) is 54.1. The van der Waals surface area contributed by atoms with Crippen LogP contribution in [0.2, 0.25) is 0 Å². The second-order valence-electron chi connectivity index (χ2n) is 24.5. The normalized spacial score (nSPS) is 19.2. The number of benzene rings is 8. The monoisotopic (exact) mass is 1170 g/mol. The molecule has 3 aliphatic carbocycles. The number of hydrogen-bond donors (Lipinski definition) is 2. The smallest absolute Gasteiger partial charge is 0.693 e. The molecule has 3 aliphatic heterocycles. The molecule has 9 heteroatoms. The summed E-state index contributed by atoms with van der Waals surface area (Å²) in [6.07, 6.45) is 18.9. The van der Waals surface area contributed by atoms with Crippen LogP contribution >= 0.6 is 11.6 Å². The summed E-state index contributed by atoms with van der Waals surface area (Å²) in [6, 6.07) is 84.5. The first-order chi connectivity index (χ1) is 41.6. The molecule has 3 unspecified atom stereocenters. The van der Waals surface area contributed by atoms with E-state index in [4.69, 9.17) is 11.6 Å². The standard InChI is InChI=1S/C28H32N2.C21H26N2.C15H15N.C13H18ClN.H2N.Na/c1-3-11-23(12-4-1)21-29-18-10-9-17-27(29)22-30(26-15-5-2-6-16-26)28-19-24-13-7-8-14-25(24)20-28;1-2-11-20(12-3-1)23(16-19-10-6-7-13-22-19)21-14-17-8-4-5-9-18(17)15-21;1-2-8-14(9-3-1)16-15-10-12-6-4-5-7-13(12)11-15;14-10-13-8-4-5-9-15(13)11-12-6-2-1-3-7-12;;/h1-8,11-16,27-28H,9-10,17-22H2;1-5,8-9,11-12,19,21-22H,6-7,10,13-16H2;1-9,15-16H,10-11H2;1-3,6-7,13H,4-5,8-11H2;1H2;/q;;;;-1;+1. The Kier molecular flexibility index (Phi) is 25.7. The minimum Gasteiger partial charge on any atom is -0.693 e. The molecule has 3 saturated heterocycles. The third-order valence-electron chi connectivity index (χ3n) is 18.7. The van der Waals surface area contributed by atoms with Crippen LogP contribution < -0.4 is 50.0 Å². The number of anilines is 3. The maximum atomic E-state index is 6.00. The van der Waals surface area contributed by atoms with E-state index in [1.807, 2.05) is 0 Å². The van der Waals surface area contributed by atoms with Gasteiger partial charge in [0.25, 0.3) is 0 Å². The fraction of sp³-hybridized carbons (Fsp3) is 0.377. The number of alkyl halides is 1. The van der Waals surface area contributed by atoms with Crippen molar-refractivity contribution in [2.24, 2.45) is 0 Å². The summed E-state index contributed by atoms with van der Waals surface area (Å²) in [5.74, 6) is 0.771. The van der Waals surface area contributed by atoms with Gasteiger partial charge in [-0.2, -0.15) is 0 Å². The Bertz CT molecular complexity index is 3090. The van der Waals surface area contributed by atoms with Gasteiger partial charge in [-0.15, -0.1) is 11.6 Å². The molecule has 7 nitrogen and oxygen atoms in total. The summed E-state index contributed by atoms with van der Waals surface area (Å²) in [6.45, 7) is 7.97. The first-order valence-corrected chi connectivity index (χ1v) is 32.6. The molecule has 444 valence electrons. The number of para-hydroxylation sites is 3. The Morgan fingerprint density at radius 2 is 0.779 bits per heavy atom. The van der Waals surface area contributed by atoms with Gasteiger partial charge in [-0.1, -0.05) is 207 Å². The van der Waals surface area contributed by atoms with Gasteiger partial charge in [0, 0.05) is 85.4 Å². The van der Waals surface area contributed by atoms with Crippen LogP contribution in [0.1, 0.15) is 102 Å². The summed E-state index contributed by atoms with van der Waals surface area (Å²) in [5, 5.41) is 7.31. The van der Waals surface area contributed by atoms with Crippen molar-refractivity contribution in [1.29, 1.82) is 0 Å². The van der Waals surface area contributed by atoms with Crippen molar-refractivity contribution in [2.45, 2.75) is 146 Å². The van der Waals surface area contributed by atoms with Crippen molar-refractivity contribution in [3.05, 3.63) is 275 Å². The fourth-order valence-electron chi connectivity index (χ4n) is 14.2. The molecule has 0 spiro atoms. The molecule has 4 N–H and O–H groups in total. The quantitative estimate of drug-likeness (QED) is 0.0787.